The average molecular weight is 208 g/mol. The van der Waals surface area contributed by atoms with E-state index in [1.54, 1.807) is 6.20 Å². The second kappa shape index (κ2) is 3.64. The molecule has 0 aliphatic rings. The van der Waals surface area contributed by atoms with E-state index in [4.69, 9.17) is 16.3 Å². The van der Waals surface area contributed by atoms with Gasteiger partial charge in [-0.05, 0) is 17.5 Å². The zero-order chi connectivity index (χ0) is 9.97. The normalized spacial score (nSPS) is 10.1. The summed E-state index contributed by atoms with van der Waals surface area (Å²) in [6.07, 6.45) is 1.57. The molecule has 0 aliphatic carbocycles. The van der Waals surface area contributed by atoms with E-state index in [0.29, 0.717) is 0 Å². The van der Waals surface area contributed by atoms with Crippen molar-refractivity contribution < 1.29 is 9.53 Å². The van der Waals surface area contributed by atoms with Crippen LogP contribution in [-0.2, 0) is 0 Å². The van der Waals surface area contributed by atoms with Crippen molar-refractivity contribution in [2.75, 3.05) is 0 Å². The number of hydrogen-bond donors (Lipinski definition) is 0. The molecule has 0 N–H and O–H groups in total. The van der Waals surface area contributed by atoms with Crippen molar-refractivity contribution in [1.82, 2.24) is 4.98 Å². The lowest BCUT2D eigenvalue weighted by Gasteiger charge is -2.02. The van der Waals surface area contributed by atoms with E-state index in [0.717, 1.165) is 10.8 Å². The van der Waals surface area contributed by atoms with Crippen LogP contribution in [0.5, 0.6) is 5.88 Å². The summed E-state index contributed by atoms with van der Waals surface area (Å²) < 4.78 is 4.74. The molecule has 0 radical (unpaired) electrons. The van der Waals surface area contributed by atoms with E-state index in [1.165, 1.54) is 0 Å². The van der Waals surface area contributed by atoms with Crippen LogP contribution in [0.25, 0.3) is 10.8 Å². The summed E-state index contributed by atoms with van der Waals surface area (Å²) in [5, 5.41) is 1.72. The third kappa shape index (κ3) is 1.67. The molecule has 14 heavy (non-hydrogen) atoms. The van der Waals surface area contributed by atoms with Gasteiger partial charge >= 0.3 is 5.43 Å². The molecule has 2 aromatic rings. The van der Waals surface area contributed by atoms with Crippen LogP contribution in [0, 0.1) is 0 Å². The Hall–Kier alpha value is -1.61. The van der Waals surface area contributed by atoms with E-state index in [1.807, 2.05) is 30.3 Å². The fourth-order valence-electron chi connectivity index (χ4n) is 1.25. The van der Waals surface area contributed by atoms with Gasteiger partial charge in [0.05, 0.1) is 0 Å². The number of hydrogen-bond acceptors (Lipinski definition) is 3. The summed E-state index contributed by atoms with van der Waals surface area (Å²) in [7, 11) is 0. The van der Waals surface area contributed by atoms with Crippen LogP contribution in [0.15, 0.2) is 36.5 Å². The van der Waals surface area contributed by atoms with Gasteiger partial charge < -0.3 is 4.74 Å². The minimum Gasteiger partial charge on any atom is -0.395 e. The summed E-state index contributed by atoms with van der Waals surface area (Å²) in [4.78, 5) is 14.5. The SMILES string of the molecule is O=C(Cl)Oc1nccc2ccccc12. The van der Waals surface area contributed by atoms with E-state index in [2.05, 4.69) is 4.98 Å². The van der Waals surface area contributed by atoms with Crippen LogP contribution in [0.3, 0.4) is 0 Å². The average Bonchev–Trinajstić information content (AvgIpc) is 2.18. The van der Waals surface area contributed by atoms with Crippen molar-refractivity contribution in [2.45, 2.75) is 0 Å². The number of aromatic nitrogens is 1. The predicted molar refractivity (Wildman–Crippen MR) is 53.6 cm³/mol. The first-order chi connectivity index (χ1) is 6.77. The van der Waals surface area contributed by atoms with Crippen molar-refractivity contribution in [3.05, 3.63) is 36.5 Å². The second-order valence-electron chi connectivity index (χ2n) is 2.68. The van der Waals surface area contributed by atoms with Gasteiger partial charge in [-0.2, -0.15) is 0 Å². The Morgan fingerprint density at radius 3 is 2.86 bits per heavy atom. The van der Waals surface area contributed by atoms with Gasteiger partial charge in [0.15, 0.2) is 0 Å². The molecule has 2 rings (SSSR count). The molecule has 1 aromatic heterocycles. The van der Waals surface area contributed by atoms with Gasteiger partial charge in [-0.1, -0.05) is 18.2 Å². The molecule has 4 heteroatoms. The van der Waals surface area contributed by atoms with Gasteiger partial charge in [0, 0.05) is 23.2 Å². The number of rotatable bonds is 1. The lowest BCUT2D eigenvalue weighted by atomic mass is 10.2. The minimum absolute atomic E-state index is 0.239. The molecule has 0 fully saturated rings. The van der Waals surface area contributed by atoms with Crippen molar-refractivity contribution >= 4 is 27.8 Å². The van der Waals surface area contributed by atoms with Crippen LogP contribution < -0.4 is 4.74 Å². The van der Waals surface area contributed by atoms with Gasteiger partial charge in [0.2, 0.25) is 5.88 Å². The molecule has 0 aliphatic heterocycles. The number of nitrogens with zero attached hydrogens (tertiary/aromatic N) is 1. The molecule has 0 spiro atoms. The maximum Gasteiger partial charge on any atom is 0.410 e. The molecular weight excluding hydrogens is 202 g/mol. The molecule has 1 aromatic carbocycles. The Bertz CT molecular complexity index is 479. The zero-order valence-corrected chi connectivity index (χ0v) is 7.86. The summed E-state index contributed by atoms with van der Waals surface area (Å²) >= 11 is 5.11. The number of pyridine rings is 1. The Kier molecular flexibility index (Phi) is 2.33. The number of benzene rings is 1. The smallest absolute Gasteiger partial charge is 0.395 e. The Balaban J connectivity index is 2.59. The highest BCUT2D eigenvalue weighted by molar-refractivity contribution is 6.61. The lowest BCUT2D eigenvalue weighted by Crippen LogP contribution is -1.98. The van der Waals surface area contributed by atoms with Crippen LogP contribution in [0.2, 0.25) is 0 Å². The van der Waals surface area contributed by atoms with Crippen LogP contribution in [-0.4, -0.2) is 10.4 Å². The van der Waals surface area contributed by atoms with Crippen molar-refractivity contribution in [1.29, 1.82) is 0 Å². The third-order valence-electron chi connectivity index (χ3n) is 1.81. The summed E-state index contributed by atoms with van der Waals surface area (Å²) in [5.41, 5.74) is -0.881. The van der Waals surface area contributed by atoms with E-state index in [9.17, 15) is 4.79 Å². The number of carbonyl (C=O) groups excluding carboxylic acids is 1. The first-order valence-electron chi connectivity index (χ1n) is 3.98. The molecule has 3 nitrogen and oxygen atoms in total. The molecule has 1 heterocycles. The Labute approximate surface area is 85.3 Å². The fourth-order valence-corrected chi connectivity index (χ4v) is 1.32. The number of fused-ring (bicyclic) bond motifs is 1. The van der Waals surface area contributed by atoms with Gasteiger partial charge in [-0.25, -0.2) is 9.78 Å². The number of carbonyl (C=O) groups is 1. The topological polar surface area (TPSA) is 39.2 Å². The minimum atomic E-state index is -0.881. The molecule has 0 amide bonds. The van der Waals surface area contributed by atoms with Crippen LogP contribution in [0.4, 0.5) is 4.79 Å². The summed E-state index contributed by atoms with van der Waals surface area (Å²) in [5.74, 6) is 0.239. The second-order valence-corrected chi connectivity index (χ2v) is 2.99. The molecule has 0 saturated carbocycles. The quantitative estimate of drug-likeness (QED) is 0.675. The first kappa shape index (κ1) is 8.97. The predicted octanol–water partition coefficient (Wildman–Crippen LogP) is 2.97. The molecule has 0 unspecified atom stereocenters. The van der Waals surface area contributed by atoms with Gasteiger partial charge in [0.25, 0.3) is 0 Å². The fraction of sp³-hybridized carbons (Fsp3) is 0. The van der Waals surface area contributed by atoms with Gasteiger partial charge in [-0.3, -0.25) is 0 Å². The Morgan fingerprint density at radius 1 is 1.29 bits per heavy atom. The van der Waals surface area contributed by atoms with Crippen molar-refractivity contribution in [3.63, 3.8) is 0 Å². The molecule has 0 saturated heterocycles. The summed E-state index contributed by atoms with van der Waals surface area (Å²) in [6, 6.07) is 9.30. The largest absolute Gasteiger partial charge is 0.410 e. The van der Waals surface area contributed by atoms with E-state index >= 15 is 0 Å². The highest BCUT2D eigenvalue weighted by Gasteiger charge is 2.05. The summed E-state index contributed by atoms with van der Waals surface area (Å²) in [6.45, 7) is 0. The Morgan fingerprint density at radius 2 is 2.07 bits per heavy atom. The third-order valence-corrected chi connectivity index (χ3v) is 1.89. The van der Waals surface area contributed by atoms with Crippen molar-refractivity contribution in [3.8, 4) is 5.88 Å². The van der Waals surface area contributed by atoms with E-state index in [-0.39, 0.29) is 5.88 Å². The maximum absolute atomic E-state index is 10.6. The van der Waals surface area contributed by atoms with Crippen molar-refractivity contribution in [2.24, 2.45) is 0 Å². The first-order valence-corrected chi connectivity index (χ1v) is 4.36. The highest BCUT2D eigenvalue weighted by Crippen LogP contribution is 2.22. The lowest BCUT2D eigenvalue weighted by molar-refractivity contribution is 0.224. The molecular formula is C10H6ClNO2. The number of ether oxygens (including phenoxy) is 1. The van der Waals surface area contributed by atoms with Gasteiger partial charge in [0.1, 0.15) is 0 Å². The van der Waals surface area contributed by atoms with Gasteiger partial charge in [-0.15, -0.1) is 0 Å². The molecule has 0 atom stereocenters. The van der Waals surface area contributed by atoms with Crippen LogP contribution >= 0.6 is 11.6 Å². The molecule has 70 valence electrons. The monoisotopic (exact) mass is 207 g/mol. The maximum atomic E-state index is 10.6. The highest BCUT2D eigenvalue weighted by atomic mass is 35.5. The standard InChI is InChI=1S/C10H6ClNO2/c11-10(13)14-9-8-4-2-1-3-7(8)5-6-12-9/h1-6H. The van der Waals surface area contributed by atoms with E-state index < -0.39 is 5.43 Å². The zero-order valence-electron chi connectivity index (χ0n) is 7.11. The molecule has 0 bridgehead atoms. The number of halogens is 1. The van der Waals surface area contributed by atoms with Crippen LogP contribution in [0.1, 0.15) is 0 Å².